The van der Waals surface area contributed by atoms with Crippen LogP contribution in [0, 0.1) is 17.2 Å². The first-order chi connectivity index (χ1) is 8.82. The predicted molar refractivity (Wildman–Crippen MR) is 72.1 cm³/mol. The summed E-state index contributed by atoms with van der Waals surface area (Å²) in [7, 11) is -0.721. The standard InChI is InChI=1S/C11H15N3O3S2/c1-8(11(15)13-2)7-14(3)19(16,17)10-5-4-9(6-12)18-10/h4-5,8H,7H2,1-3H3,(H,13,15). The molecule has 0 aliphatic heterocycles. The second-order valence-corrected chi connectivity index (χ2v) is 7.39. The number of carbonyl (C=O) groups excluding carboxylic acids is 1. The van der Waals surface area contributed by atoms with Gasteiger partial charge in [-0.05, 0) is 12.1 Å². The molecule has 104 valence electrons. The Labute approximate surface area is 116 Å². The van der Waals surface area contributed by atoms with E-state index in [2.05, 4.69) is 5.32 Å². The molecule has 0 radical (unpaired) electrons. The van der Waals surface area contributed by atoms with Crippen LogP contribution in [0.4, 0.5) is 0 Å². The van der Waals surface area contributed by atoms with Crippen molar-refractivity contribution in [2.45, 2.75) is 11.1 Å². The average molecular weight is 301 g/mol. The van der Waals surface area contributed by atoms with Crippen molar-refractivity contribution in [3.05, 3.63) is 17.0 Å². The van der Waals surface area contributed by atoms with Crippen molar-refractivity contribution in [1.82, 2.24) is 9.62 Å². The summed E-state index contributed by atoms with van der Waals surface area (Å²) < 4.78 is 25.6. The maximum absolute atomic E-state index is 12.2. The molecule has 1 aromatic heterocycles. The third kappa shape index (κ3) is 3.53. The molecule has 6 nitrogen and oxygen atoms in total. The first-order valence-electron chi connectivity index (χ1n) is 5.50. The van der Waals surface area contributed by atoms with Crippen LogP contribution in [0.2, 0.25) is 0 Å². The van der Waals surface area contributed by atoms with E-state index in [-0.39, 0.29) is 16.7 Å². The van der Waals surface area contributed by atoms with Gasteiger partial charge in [0.25, 0.3) is 10.0 Å². The molecule has 0 bridgehead atoms. The van der Waals surface area contributed by atoms with E-state index in [0.717, 1.165) is 15.6 Å². The monoisotopic (exact) mass is 301 g/mol. The van der Waals surface area contributed by atoms with Crippen molar-refractivity contribution in [2.75, 3.05) is 20.6 Å². The molecule has 1 rings (SSSR count). The van der Waals surface area contributed by atoms with Crippen molar-refractivity contribution in [1.29, 1.82) is 5.26 Å². The summed E-state index contributed by atoms with van der Waals surface area (Å²) in [6.45, 7) is 1.74. The molecular formula is C11H15N3O3S2. The lowest BCUT2D eigenvalue weighted by Gasteiger charge is -2.19. The van der Waals surface area contributed by atoms with Crippen LogP contribution in [0.1, 0.15) is 11.8 Å². The van der Waals surface area contributed by atoms with Gasteiger partial charge in [-0.3, -0.25) is 4.79 Å². The fraction of sp³-hybridized carbons (Fsp3) is 0.455. The van der Waals surface area contributed by atoms with Gasteiger partial charge in [0.15, 0.2) is 0 Å². The number of nitrogens with zero attached hydrogens (tertiary/aromatic N) is 2. The quantitative estimate of drug-likeness (QED) is 0.863. The number of nitrogens with one attached hydrogen (secondary N) is 1. The Bertz CT molecular complexity index is 601. The molecule has 0 aromatic carbocycles. The van der Waals surface area contributed by atoms with E-state index < -0.39 is 15.9 Å². The Morgan fingerprint density at radius 2 is 2.21 bits per heavy atom. The van der Waals surface area contributed by atoms with E-state index in [1.807, 2.05) is 6.07 Å². The minimum absolute atomic E-state index is 0.0851. The zero-order valence-corrected chi connectivity index (χ0v) is 12.5. The molecular weight excluding hydrogens is 286 g/mol. The number of rotatable bonds is 5. The van der Waals surface area contributed by atoms with Gasteiger partial charge in [0.1, 0.15) is 15.2 Å². The molecule has 0 saturated heterocycles. The number of amides is 1. The minimum Gasteiger partial charge on any atom is -0.359 e. The maximum atomic E-state index is 12.2. The van der Waals surface area contributed by atoms with Crippen LogP contribution < -0.4 is 5.32 Å². The second-order valence-electron chi connectivity index (χ2n) is 4.03. The zero-order valence-electron chi connectivity index (χ0n) is 10.9. The summed E-state index contributed by atoms with van der Waals surface area (Å²) in [5.74, 6) is -0.661. The van der Waals surface area contributed by atoms with Crippen LogP contribution in [-0.2, 0) is 14.8 Å². The number of hydrogen-bond donors (Lipinski definition) is 1. The van der Waals surface area contributed by atoms with E-state index in [9.17, 15) is 13.2 Å². The van der Waals surface area contributed by atoms with Crippen molar-refractivity contribution in [3.63, 3.8) is 0 Å². The predicted octanol–water partition coefficient (Wildman–Crippen LogP) is 0.622. The Morgan fingerprint density at radius 3 is 2.68 bits per heavy atom. The summed E-state index contributed by atoms with van der Waals surface area (Å²) in [5, 5.41) is 11.2. The van der Waals surface area contributed by atoms with E-state index >= 15 is 0 Å². The third-order valence-electron chi connectivity index (χ3n) is 2.58. The number of nitriles is 1. The summed E-state index contributed by atoms with van der Waals surface area (Å²) in [6, 6.07) is 4.77. The minimum atomic E-state index is -3.64. The molecule has 1 aromatic rings. The lowest BCUT2D eigenvalue weighted by molar-refractivity contribution is -0.124. The fourth-order valence-electron chi connectivity index (χ4n) is 1.49. The highest BCUT2D eigenvalue weighted by molar-refractivity contribution is 7.91. The van der Waals surface area contributed by atoms with Crippen LogP contribution in [0.3, 0.4) is 0 Å². The number of hydrogen-bond acceptors (Lipinski definition) is 5. The highest BCUT2D eigenvalue weighted by Gasteiger charge is 2.26. The van der Waals surface area contributed by atoms with Gasteiger partial charge >= 0.3 is 0 Å². The Balaban J connectivity index is 2.89. The van der Waals surface area contributed by atoms with Crippen molar-refractivity contribution >= 4 is 27.3 Å². The van der Waals surface area contributed by atoms with Crippen LogP contribution >= 0.6 is 11.3 Å². The normalized spacial score (nSPS) is 13.0. The molecule has 1 atom stereocenters. The summed E-state index contributed by atoms with van der Waals surface area (Å²) in [5.41, 5.74) is 0. The van der Waals surface area contributed by atoms with Gasteiger partial charge in [-0.2, -0.15) is 9.57 Å². The van der Waals surface area contributed by atoms with E-state index in [0.29, 0.717) is 4.88 Å². The highest BCUT2D eigenvalue weighted by Crippen LogP contribution is 2.24. The van der Waals surface area contributed by atoms with Gasteiger partial charge in [-0.25, -0.2) is 8.42 Å². The molecule has 1 amide bonds. The van der Waals surface area contributed by atoms with Crippen molar-refractivity contribution in [2.24, 2.45) is 5.92 Å². The van der Waals surface area contributed by atoms with Crippen LogP contribution in [0.5, 0.6) is 0 Å². The molecule has 0 spiro atoms. The van der Waals surface area contributed by atoms with Gasteiger partial charge < -0.3 is 5.32 Å². The summed E-state index contributed by atoms with van der Waals surface area (Å²) in [4.78, 5) is 11.7. The third-order valence-corrected chi connectivity index (χ3v) is 5.86. The van der Waals surface area contributed by atoms with Gasteiger partial charge in [0, 0.05) is 26.6 Å². The van der Waals surface area contributed by atoms with Crippen molar-refractivity contribution < 1.29 is 13.2 Å². The molecule has 0 fully saturated rings. The molecule has 1 N–H and O–H groups in total. The largest absolute Gasteiger partial charge is 0.359 e. The molecule has 8 heteroatoms. The molecule has 1 unspecified atom stereocenters. The summed E-state index contributed by atoms with van der Waals surface area (Å²) in [6.07, 6.45) is 0. The molecule has 0 saturated carbocycles. The number of sulfonamides is 1. The zero-order chi connectivity index (χ0) is 14.6. The Kier molecular flexibility index (Phi) is 5.05. The van der Waals surface area contributed by atoms with Crippen molar-refractivity contribution in [3.8, 4) is 6.07 Å². The lowest BCUT2D eigenvalue weighted by Crippen LogP contribution is -2.37. The first kappa shape index (κ1) is 15.6. The highest BCUT2D eigenvalue weighted by atomic mass is 32.2. The fourth-order valence-corrected chi connectivity index (χ4v) is 4.06. The summed E-state index contributed by atoms with van der Waals surface area (Å²) >= 11 is 0.918. The second kappa shape index (κ2) is 6.14. The van der Waals surface area contributed by atoms with E-state index in [1.165, 1.54) is 26.2 Å². The molecule has 19 heavy (non-hydrogen) atoms. The van der Waals surface area contributed by atoms with Gasteiger partial charge in [0.05, 0.1) is 0 Å². The van der Waals surface area contributed by atoms with Gasteiger partial charge in [0.2, 0.25) is 5.91 Å². The van der Waals surface area contributed by atoms with E-state index in [4.69, 9.17) is 5.26 Å². The smallest absolute Gasteiger partial charge is 0.252 e. The maximum Gasteiger partial charge on any atom is 0.252 e. The Morgan fingerprint density at radius 1 is 1.58 bits per heavy atom. The van der Waals surface area contributed by atoms with Gasteiger partial charge in [-0.1, -0.05) is 6.92 Å². The SMILES string of the molecule is CNC(=O)C(C)CN(C)S(=O)(=O)c1ccc(C#N)s1. The molecule has 0 aliphatic carbocycles. The first-order valence-corrected chi connectivity index (χ1v) is 7.76. The van der Waals surface area contributed by atoms with Crippen LogP contribution in [0.25, 0.3) is 0 Å². The lowest BCUT2D eigenvalue weighted by atomic mass is 10.2. The van der Waals surface area contributed by atoms with Crippen LogP contribution in [0.15, 0.2) is 16.3 Å². The van der Waals surface area contributed by atoms with E-state index in [1.54, 1.807) is 6.92 Å². The number of carbonyl (C=O) groups is 1. The topological polar surface area (TPSA) is 90.3 Å². The van der Waals surface area contributed by atoms with Gasteiger partial charge in [-0.15, -0.1) is 11.3 Å². The molecule has 0 aliphatic rings. The Hall–Kier alpha value is -1.43. The van der Waals surface area contributed by atoms with Crippen LogP contribution in [-0.4, -0.2) is 39.3 Å². The molecule has 1 heterocycles. The number of thiophene rings is 1. The average Bonchev–Trinajstić information content (AvgIpc) is 2.86.